The topological polar surface area (TPSA) is 47.0 Å². The predicted octanol–water partition coefficient (Wildman–Crippen LogP) is 3.37. The summed E-state index contributed by atoms with van der Waals surface area (Å²) in [5.74, 6) is 0.608. The Bertz CT molecular complexity index is 577. The van der Waals surface area contributed by atoms with Gasteiger partial charge < -0.3 is 10.1 Å². The van der Waals surface area contributed by atoms with Gasteiger partial charge in [-0.15, -0.1) is 0 Å². The van der Waals surface area contributed by atoms with Crippen LogP contribution in [0.1, 0.15) is 30.6 Å². The Balaban J connectivity index is 2.19. The number of hydrogen-bond donors (Lipinski definition) is 1. The molecule has 4 nitrogen and oxygen atoms in total. The van der Waals surface area contributed by atoms with E-state index in [4.69, 9.17) is 4.74 Å². The van der Waals surface area contributed by atoms with E-state index in [1.54, 1.807) is 13.4 Å². The van der Waals surface area contributed by atoms with Crippen molar-refractivity contribution in [3.63, 3.8) is 0 Å². The molecular formula is C16H20IN3O. The first-order valence-corrected chi connectivity index (χ1v) is 8.14. The lowest BCUT2D eigenvalue weighted by Gasteiger charge is -2.19. The van der Waals surface area contributed by atoms with E-state index in [1.807, 2.05) is 6.07 Å². The maximum atomic E-state index is 5.17. The minimum absolute atomic E-state index is 0.249. The molecular weight excluding hydrogens is 377 g/mol. The molecule has 0 aliphatic rings. The standard InChI is InChI=1S/C16H20IN3O/c1-3-7-18-15(12-5-4-6-13(17)8-12)9-14-10-16(21-2)20-11-19-14/h4-6,8,10-11,15,18H,3,7,9H2,1-2H3. The molecule has 1 aromatic carbocycles. The molecule has 0 fully saturated rings. The van der Waals surface area contributed by atoms with Crippen molar-refractivity contribution >= 4 is 22.6 Å². The lowest BCUT2D eigenvalue weighted by atomic mass is 10.0. The van der Waals surface area contributed by atoms with Crippen molar-refractivity contribution in [2.45, 2.75) is 25.8 Å². The van der Waals surface area contributed by atoms with Gasteiger partial charge in [0.15, 0.2) is 0 Å². The number of halogens is 1. The molecule has 2 rings (SSSR count). The number of nitrogens with one attached hydrogen (secondary N) is 1. The van der Waals surface area contributed by atoms with Gasteiger partial charge >= 0.3 is 0 Å². The average molecular weight is 397 g/mol. The molecule has 0 aliphatic carbocycles. The van der Waals surface area contributed by atoms with Crippen LogP contribution < -0.4 is 10.1 Å². The molecule has 0 bridgehead atoms. The van der Waals surface area contributed by atoms with Crippen molar-refractivity contribution in [2.24, 2.45) is 0 Å². The summed E-state index contributed by atoms with van der Waals surface area (Å²) in [6, 6.07) is 10.7. The van der Waals surface area contributed by atoms with Crippen molar-refractivity contribution < 1.29 is 4.74 Å². The van der Waals surface area contributed by atoms with Crippen molar-refractivity contribution in [2.75, 3.05) is 13.7 Å². The Kier molecular flexibility index (Phi) is 6.38. The number of rotatable bonds is 7. The van der Waals surface area contributed by atoms with Crippen LogP contribution in [0.3, 0.4) is 0 Å². The van der Waals surface area contributed by atoms with Gasteiger partial charge in [0.2, 0.25) is 5.88 Å². The summed E-state index contributed by atoms with van der Waals surface area (Å²) < 4.78 is 6.41. The third kappa shape index (κ3) is 4.93. The predicted molar refractivity (Wildman–Crippen MR) is 92.5 cm³/mol. The molecule has 0 amide bonds. The van der Waals surface area contributed by atoms with E-state index in [1.165, 1.54) is 9.13 Å². The quantitative estimate of drug-likeness (QED) is 0.728. The highest BCUT2D eigenvalue weighted by Crippen LogP contribution is 2.20. The number of benzene rings is 1. The Morgan fingerprint density at radius 3 is 2.86 bits per heavy atom. The van der Waals surface area contributed by atoms with Crippen LogP contribution in [0.25, 0.3) is 0 Å². The van der Waals surface area contributed by atoms with E-state index in [0.29, 0.717) is 5.88 Å². The van der Waals surface area contributed by atoms with Crippen LogP contribution >= 0.6 is 22.6 Å². The maximum Gasteiger partial charge on any atom is 0.216 e. The lowest BCUT2D eigenvalue weighted by molar-refractivity contribution is 0.395. The van der Waals surface area contributed by atoms with Gasteiger partial charge in [-0.3, -0.25) is 0 Å². The lowest BCUT2D eigenvalue weighted by Crippen LogP contribution is -2.24. The Labute approximate surface area is 139 Å². The van der Waals surface area contributed by atoms with E-state index in [-0.39, 0.29) is 6.04 Å². The van der Waals surface area contributed by atoms with E-state index < -0.39 is 0 Å². The monoisotopic (exact) mass is 397 g/mol. The summed E-state index contributed by atoms with van der Waals surface area (Å²) in [4.78, 5) is 8.41. The van der Waals surface area contributed by atoms with Crippen LogP contribution in [0.4, 0.5) is 0 Å². The van der Waals surface area contributed by atoms with Gasteiger partial charge in [-0.1, -0.05) is 19.1 Å². The Morgan fingerprint density at radius 2 is 2.14 bits per heavy atom. The van der Waals surface area contributed by atoms with Gasteiger partial charge in [0.25, 0.3) is 0 Å². The summed E-state index contributed by atoms with van der Waals surface area (Å²) in [5, 5.41) is 3.59. The molecule has 5 heteroatoms. The molecule has 1 N–H and O–H groups in total. The second-order valence-corrected chi connectivity index (χ2v) is 6.06. The first kappa shape index (κ1) is 16.2. The highest BCUT2D eigenvalue weighted by molar-refractivity contribution is 14.1. The van der Waals surface area contributed by atoms with Gasteiger partial charge in [0.1, 0.15) is 6.33 Å². The Hall–Kier alpha value is -1.21. The molecule has 1 unspecified atom stereocenters. The largest absolute Gasteiger partial charge is 0.481 e. The fourth-order valence-electron chi connectivity index (χ4n) is 2.16. The van der Waals surface area contributed by atoms with Crippen LogP contribution in [0.5, 0.6) is 5.88 Å². The number of hydrogen-bond acceptors (Lipinski definition) is 4. The van der Waals surface area contributed by atoms with Crippen molar-refractivity contribution in [1.82, 2.24) is 15.3 Å². The molecule has 1 aromatic heterocycles. The molecule has 0 saturated carbocycles. The summed E-state index contributed by atoms with van der Waals surface area (Å²) in [6.45, 7) is 3.16. The third-order valence-corrected chi connectivity index (χ3v) is 3.88. The van der Waals surface area contributed by atoms with Crippen LogP contribution in [-0.2, 0) is 6.42 Å². The van der Waals surface area contributed by atoms with Gasteiger partial charge in [-0.25, -0.2) is 9.97 Å². The number of nitrogens with zero attached hydrogens (tertiary/aromatic N) is 2. The van der Waals surface area contributed by atoms with Gasteiger partial charge in [0, 0.05) is 27.8 Å². The zero-order chi connectivity index (χ0) is 15.1. The molecule has 21 heavy (non-hydrogen) atoms. The molecule has 0 radical (unpaired) electrons. The number of aromatic nitrogens is 2. The van der Waals surface area contributed by atoms with E-state index in [0.717, 1.165) is 25.1 Å². The fourth-order valence-corrected chi connectivity index (χ4v) is 2.73. The fraction of sp³-hybridized carbons (Fsp3) is 0.375. The average Bonchev–Trinajstić information content (AvgIpc) is 2.51. The molecule has 1 heterocycles. The second-order valence-electron chi connectivity index (χ2n) is 4.82. The van der Waals surface area contributed by atoms with Gasteiger partial charge in [-0.05, 0) is 53.3 Å². The van der Waals surface area contributed by atoms with Crippen LogP contribution in [0, 0.1) is 3.57 Å². The second kappa shape index (κ2) is 8.29. The van der Waals surface area contributed by atoms with Crippen LogP contribution in [0.15, 0.2) is 36.7 Å². The van der Waals surface area contributed by atoms with Crippen LogP contribution in [-0.4, -0.2) is 23.6 Å². The third-order valence-electron chi connectivity index (χ3n) is 3.21. The molecule has 1 atom stereocenters. The zero-order valence-corrected chi connectivity index (χ0v) is 14.5. The summed E-state index contributed by atoms with van der Waals surface area (Å²) >= 11 is 2.35. The van der Waals surface area contributed by atoms with Crippen molar-refractivity contribution in [1.29, 1.82) is 0 Å². The van der Waals surface area contributed by atoms with Crippen LogP contribution in [0.2, 0.25) is 0 Å². The number of methoxy groups -OCH3 is 1. The summed E-state index contributed by atoms with van der Waals surface area (Å²) in [5.41, 5.74) is 2.27. The van der Waals surface area contributed by atoms with E-state index in [9.17, 15) is 0 Å². The maximum absolute atomic E-state index is 5.17. The Morgan fingerprint density at radius 1 is 1.29 bits per heavy atom. The molecule has 0 spiro atoms. The number of ether oxygens (including phenoxy) is 1. The summed E-state index contributed by atoms with van der Waals surface area (Å²) in [7, 11) is 1.62. The van der Waals surface area contributed by atoms with Crippen molar-refractivity contribution in [3.05, 3.63) is 51.5 Å². The summed E-state index contributed by atoms with van der Waals surface area (Å²) in [6.07, 6.45) is 3.48. The highest BCUT2D eigenvalue weighted by Gasteiger charge is 2.13. The minimum Gasteiger partial charge on any atom is -0.481 e. The zero-order valence-electron chi connectivity index (χ0n) is 12.3. The molecule has 0 saturated heterocycles. The van der Waals surface area contributed by atoms with Gasteiger partial charge in [0.05, 0.1) is 7.11 Å². The SMILES string of the molecule is CCCNC(Cc1cc(OC)ncn1)c1cccc(I)c1. The smallest absolute Gasteiger partial charge is 0.216 e. The molecule has 2 aromatic rings. The van der Waals surface area contributed by atoms with E-state index in [2.05, 4.69) is 69.1 Å². The van der Waals surface area contributed by atoms with Gasteiger partial charge in [-0.2, -0.15) is 0 Å². The first-order chi connectivity index (χ1) is 10.2. The van der Waals surface area contributed by atoms with E-state index >= 15 is 0 Å². The minimum atomic E-state index is 0.249. The molecule has 112 valence electrons. The van der Waals surface area contributed by atoms with Crippen molar-refractivity contribution in [3.8, 4) is 5.88 Å². The molecule has 0 aliphatic heterocycles. The normalized spacial score (nSPS) is 12.1. The first-order valence-electron chi connectivity index (χ1n) is 7.06. The highest BCUT2D eigenvalue weighted by atomic mass is 127.